The summed E-state index contributed by atoms with van der Waals surface area (Å²) in [4.78, 5) is 23.1. The monoisotopic (exact) mass is 289 g/mol. The first-order chi connectivity index (χ1) is 8.73. The SMILES string of the molecule is CC(Nc1cc(F)c(Cl)cc1[N+](=O)[O-])C(=O)N(C)C. The van der Waals surface area contributed by atoms with Crippen molar-refractivity contribution in [3.63, 3.8) is 0 Å². The van der Waals surface area contributed by atoms with Crippen molar-refractivity contribution in [2.75, 3.05) is 19.4 Å². The molecule has 0 radical (unpaired) electrons. The average Bonchev–Trinajstić information content (AvgIpc) is 2.31. The molecule has 0 fully saturated rings. The Morgan fingerprint density at radius 2 is 2.11 bits per heavy atom. The van der Waals surface area contributed by atoms with Gasteiger partial charge >= 0.3 is 0 Å². The fourth-order valence-electron chi connectivity index (χ4n) is 1.49. The molecule has 1 N–H and O–H groups in total. The van der Waals surface area contributed by atoms with E-state index in [1.807, 2.05) is 0 Å². The first-order valence-electron chi connectivity index (χ1n) is 5.35. The summed E-state index contributed by atoms with van der Waals surface area (Å²) >= 11 is 5.50. The van der Waals surface area contributed by atoms with E-state index in [2.05, 4.69) is 5.32 Å². The third-order valence-electron chi connectivity index (χ3n) is 2.42. The van der Waals surface area contributed by atoms with E-state index in [1.165, 1.54) is 11.8 Å². The van der Waals surface area contributed by atoms with Gasteiger partial charge in [-0.15, -0.1) is 0 Å². The number of halogens is 2. The van der Waals surface area contributed by atoms with Crippen molar-refractivity contribution in [1.82, 2.24) is 4.90 Å². The van der Waals surface area contributed by atoms with Crippen LogP contribution in [-0.2, 0) is 4.79 Å². The molecule has 1 unspecified atom stereocenters. The van der Waals surface area contributed by atoms with Crippen LogP contribution in [0.5, 0.6) is 0 Å². The minimum atomic E-state index is -0.792. The number of rotatable bonds is 4. The second-order valence-electron chi connectivity index (χ2n) is 4.14. The lowest BCUT2D eigenvalue weighted by Crippen LogP contribution is -2.36. The van der Waals surface area contributed by atoms with Crippen LogP contribution >= 0.6 is 11.6 Å². The maximum absolute atomic E-state index is 13.3. The van der Waals surface area contributed by atoms with Gasteiger partial charge in [0.05, 0.1) is 9.95 Å². The molecule has 0 aliphatic carbocycles. The molecule has 0 aliphatic rings. The van der Waals surface area contributed by atoms with Crippen LogP contribution in [0.15, 0.2) is 12.1 Å². The molecule has 0 aromatic heterocycles. The predicted octanol–water partition coefficient (Wildman–Crippen LogP) is 2.28. The maximum Gasteiger partial charge on any atom is 0.294 e. The van der Waals surface area contributed by atoms with E-state index in [0.717, 1.165) is 12.1 Å². The summed E-state index contributed by atoms with van der Waals surface area (Å²) in [5, 5.41) is 13.1. The number of carbonyl (C=O) groups excluding carboxylic acids is 1. The second kappa shape index (κ2) is 5.83. The Morgan fingerprint density at radius 3 is 2.58 bits per heavy atom. The first kappa shape index (κ1) is 15.2. The summed E-state index contributed by atoms with van der Waals surface area (Å²) in [6.07, 6.45) is 0. The standard InChI is InChI=1S/C11H13ClFN3O3/c1-6(11(17)15(2)3)14-9-5-8(13)7(12)4-10(9)16(18)19/h4-6,14H,1-3H3. The Balaban J connectivity index is 3.10. The molecule has 0 heterocycles. The number of likely N-dealkylation sites (N-methyl/N-ethyl adjacent to an activating group) is 1. The second-order valence-corrected chi connectivity index (χ2v) is 4.55. The fourth-order valence-corrected chi connectivity index (χ4v) is 1.64. The van der Waals surface area contributed by atoms with Crippen LogP contribution in [0.4, 0.5) is 15.8 Å². The molecule has 1 rings (SSSR count). The van der Waals surface area contributed by atoms with Crippen LogP contribution in [0.1, 0.15) is 6.92 Å². The van der Waals surface area contributed by atoms with Crippen LogP contribution in [0.2, 0.25) is 5.02 Å². The molecule has 0 saturated carbocycles. The largest absolute Gasteiger partial charge is 0.368 e. The third kappa shape index (κ3) is 3.54. The maximum atomic E-state index is 13.3. The number of hydrogen-bond donors (Lipinski definition) is 1. The highest BCUT2D eigenvalue weighted by Gasteiger charge is 2.22. The Kier molecular flexibility index (Phi) is 4.66. The summed E-state index contributed by atoms with van der Waals surface area (Å²) in [5.74, 6) is -1.08. The van der Waals surface area contributed by atoms with E-state index in [0.29, 0.717) is 0 Å². The van der Waals surface area contributed by atoms with E-state index in [4.69, 9.17) is 11.6 Å². The number of nitrogens with zero attached hydrogens (tertiary/aromatic N) is 2. The van der Waals surface area contributed by atoms with Crippen molar-refractivity contribution in [2.24, 2.45) is 0 Å². The smallest absolute Gasteiger partial charge is 0.294 e. The van der Waals surface area contributed by atoms with Crippen molar-refractivity contribution in [1.29, 1.82) is 0 Å². The van der Waals surface area contributed by atoms with Gasteiger partial charge in [0, 0.05) is 26.2 Å². The van der Waals surface area contributed by atoms with Crippen LogP contribution in [0, 0.1) is 15.9 Å². The zero-order chi connectivity index (χ0) is 14.7. The van der Waals surface area contributed by atoms with Gasteiger partial charge in [-0.05, 0) is 6.92 Å². The zero-order valence-electron chi connectivity index (χ0n) is 10.6. The van der Waals surface area contributed by atoms with Gasteiger partial charge in [-0.2, -0.15) is 0 Å². The van der Waals surface area contributed by atoms with Crippen LogP contribution in [0.25, 0.3) is 0 Å². The summed E-state index contributed by atoms with van der Waals surface area (Å²) < 4.78 is 13.3. The first-order valence-corrected chi connectivity index (χ1v) is 5.73. The molecular weight excluding hydrogens is 277 g/mol. The van der Waals surface area contributed by atoms with Gasteiger partial charge in [0.25, 0.3) is 5.69 Å². The molecule has 104 valence electrons. The van der Waals surface area contributed by atoms with Crippen molar-refractivity contribution in [3.05, 3.63) is 33.1 Å². The molecule has 0 aliphatic heterocycles. The summed E-state index contributed by atoms with van der Waals surface area (Å²) in [6, 6.07) is 1.08. The topological polar surface area (TPSA) is 75.5 Å². The molecule has 6 nitrogen and oxygen atoms in total. The molecule has 19 heavy (non-hydrogen) atoms. The highest BCUT2D eigenvalue weighted by atomic mass is 35.5. The van der Waals surface area contributed by atoms with Crippen LogP contribution in [0.3, 0.4) is 0 Å². The molecule has 0 bridgehead atoms. The van der Waals surface area contributed by atoms with E-state index < -0.39 is 16.8 Å². The summed E-state index contributed by atoms with van der Waals surface area (Å²) in [6.45, 7) is 1.53. The van der Waals surface area contributed by atoms with Gasteiger partial charge in [0.15, 0.2) is 0 Å². The molecule has 0 saturated heterocycles. The van der Waals surface area contributed by atoms with Crippen molar-refractivity contribution < 1.29 is 14.1 Å². The minimum absolute atomic E-state index is 0.0883. The van der Waals surface area contributed by atoms with Crippen molar-refractivity contribution in [3.8, 4) is 0 Å². The van der Waals surface area contributed by atoms with E-state index in [-0.39, 0.29) is 22.3 Å². The molecule has 1 aromatic carbocycles. The number of nitro groups is 1. The Hall–Kier alpha value is -1.89. The fraction of sp³-hybridized carbons (Fsp3) is 0.364. The van der Waals surface area contributed by atoms with Gasteiger partial charge in [0.1, 0.15) is 17.5 Å². The van der Waals surface area contributed by atoms with E-state index in [1.54, 1.807) is 14.1 Å². The molecule has 1 amide bonds. The normalized spacial score (nSPS) is 11.8. The Labute approximate surface area is 114 Å². The highest BCUT2D eigenvalue weighted by Crippen LogP contribution is 2.30. The predicted molar refractivity (Wildman–Crippen MR) is 69.8 cm³/mol. The van der Waals surface area contributed by atoms with Gasteiger partial charge in [-0.25, -0.2) is 4.39 Å². The molecule has 0 spiro atoms. The third-order valence-corrected chi connectivity index (χ3v) is 2.71. The summed E-state index contributed by atoms with van der Waals surface area (Å²) in [7, 11) is 3.11. The van der Waals surface area contributed by atoms with Gasteiger partial charge in [-0.1, -0.05) is 11.6 Å². The molecule has 8 heteroatoms. The molecule has 1 aromatic rings. The molecular formula is C11H13ClFN3O3. The lowest BCUT2D eigenvalue weighted by atomic mass is 10.2. The number of nitrogens with one attached hydrogen (secondary N) is 1. The van der Waals surface area contributed by atoms with Gasteiger partial charge in [-0.3, -0.25) is 14.9 Å². The van der Waals surface area contributed by atoms with Crippen LogP contribution in [-0.4, -0.2) is 35.9 Å². The number of benzene rings is 1. The number of amides is 1. The summed E-state index contributed by atoms with van der Waals surface area (Å²) in [5.41, 5.74) is -0.473. The highest BCUT2D eigenvalue weighted by molar-refractivity contribution is 6.31. The Morgan fingerprint density at radius 1 is 1.53 bits per heavy atom. The Bertz CT molecular complexity index is 522. The number of anilines is 1. The van der Waals surface area contributed by atoms with E-state index in [9.17, 15) is 19.3 Å². The van der Waals surface area contributed by atoms with Crippen molar-refractivity contribution in [2.45, 2.75) is 13.0 Å². The van der Waals surface area contributed by atoms with Crippen molar-refractivity contribution >= 4 is 28.9 Å². The average molecular weight is 290 g/mol. The molecule has 1 atom stereocenters. The van der Waals surface area contributed by atoms with Crippen LogP contribution < -0.4 is 5.32 Å². The van der Waals surface area contributed by atoms with E-state index >= 15 is 0 Å². The lowest BCUT2D eigenvalue weighted by Gasteiger charge is -2.19. The number of hydrogen-bond acceptors (Lipinski definition) is 4. The number of nitro benzene ring substituents is 1. The minimum Gasteiger partial charge on any atom is -0.368 e. The zero-order valence-corrected chi connectivity index (χ0v) is 11.4. The van der Waals surface area contributed by atoms with Gasteiger partial charge < -0.3 is 10.2 Å². The quantitative estimate of drug-likeness (QED) is 0.681. The van der Waals surface area contributed by atoms with Gasteiger partial charge in [0.2, 0.25) is 5.91 Å². The lowest BCUT2D eigenvalue weighted by molar-refractivity contribution is -0.384. The number of carbonyl (C=O) groups is 1.